The molecule has 152 valence electrons. The number of Topliss-reactive ketones (excluding diaryl/α,β-unsaturated/α-hetero) is 2. The summed E-state index contributed by atoms with van der Waals surface area (Å²) in [6, 6.07) is 5.21. The second-order valence-electron chi connectivity index (χ2n) is 7.71. The minimum absolute atomic E-state index is 0.0956. The molecule has 4 rings (SSSR count). The number of rotatable bonds is 4. The molecular weight excluding hydrogens is 392 g/mol. The highest BCUT2D eigenvalue weighted by atomic mass is 35.5. The molecule has 0 spiro atoms. The third kappa shape index (κ3) is 3.46. The Bertz CT molecular complexity index is 935. The molecule has 0 saturated heterocycles. The van der Waals surface area contributed by atoms with Crippen LogP contribution in [0.15, 0.2) is 40.7 Å². The van der Waals surface area contributed by atoms with Crippen molar-refractivity contribution < 1.29 is 19.1 Å². The second kappa shape index (κ2) is 7.67. The number of primary amides is 1. The predicted molar refractivity (Wildman–Crippen MR) is 108 cm³/mol. The van der Waals surface area contributed by atoms with Gasteiger partial charge < -0.3 is 15.4 Å². The molecule has 2 aliphatic carbocycles. The van der Waals surface area contributed by atoms with Crippen LogP contribution in [0.1, 0.15) is 50.0 Å². The minimum atomic E-state index is -0.592. The molecule has 0 atom stereocenters. The van der Waals surface area contributed by atoms with E-state index in [9.17, 15) is 14.4 Å². The first-order chi connectivity index (χ1) is 13.9. The summed E-state index contributed by atoms with van der Waals surface area (Å²) in [6.45, 7) is -0.269. The zero-order chi connectivity index (χ0) is 20.7. The fourth-order valence-electron chi connectivity index (χ4n) is 4.65. The van der Waals surface area contributed by atoms with Crippen molar-refractivity contribution in [3.8, 4) is 5.75 Å². The number of hydrogen-bond acceptors (Lipinski definition) is 5. The summed E-state index contributed by atoms with van der Waals surface area (Å²) in [7, 11) is 1.96. The van der Waals surface area contributed by atoms with E-state index in [0.29, 0.717) is 23.6 Å². The van der Waals surface area contributed by atoms with Crippen molar-refractivity contribution in [2.75, 3.05) is 13.7 Å². The largest absolute Gasteiger partial charge is 0.482 e. The Hall–Kier alpha value is -2.60. The summed E-state index contributed by atoms with van der Waals surface area (Å²) < 4.78 is 5.34. The molecule has 6 nitrogen and oxygen atoms in total. The van der Waals surface area contributed by atoms with Crippen molar-refractivity contribution in [1.82, 2.24) is 4.90 Å². The number of ether oxygens (including phenoxy) is 1. The van der Waals surface area contributed by atoms with Crippen LogP contribution in [0.5, 0.6) is 5.75 Å². The van der Waals surface area contributed by atoms with E-state index < -0.39 is 11.8 Å². The molecule has 29 heavy (non-hydrogen) atoms. The third-order valence-electron chi connectivity index (χ3n) is 5.90. The van der Waals surface area contributed by atoms with Crippen molar-refractivity contribution in [3.05, 3.63) is 51.3 Å². The van der Waals surface area contributed by atoms with Crippen LogP contribution in [0, 0.1) is 0 Å². The Kier molecular flexibility index (Phi) is 5.21. The number of benzene rings is 1. The summed E-state index contributed by atoms with van der Waals surface area (Å²) in [5, 5.41) is 0.318. The van der Waals surface area contributed by atoms with Gasteiger partial charge in [-0.3, -0.25) is 14.4 Å². The van der Waals surface area contributed by atoms with Crippen molar-refractivity contribution >= 4 is 29.1 Å². The molecule has 3 aliphatic rings. The van der Waals surface area contributed by atoms with Gasteiger partial charge in [0.25, 0.3) is 5.91 Å². The number of ketones is 2. The maximum absolute atomic E-state index is 12.9. The molecule has 2 N–H and O–H groups in total. The fraction of sp³-hybridized carbons (Fsp3) is 0.409. The van der Waals surface area contributed by atoms with E-state index in [0.717, 1.165) is 53.8 Å². The van der Waals surface area contributed by atoms with Crippen LogP contribution < -0.4 is 10.5 Å². The highest BCUT2D eigenvalue weighted by molar-refractivity contribution is 6.32. The molecule has 1 aromatic rings. The smallest absolute Gasteiger partial charge is 0.255 e. The zero-order valence-corrected chi connectivity index (χ0v) is 17.1. The van der Waals surface area contributed by atoms with Crippen LogP contribution in [-0.4, -0.2) is 36.0 Å². The maximum Gasteiger partial charge on any atom is 0.255 e. The quantitative estimate of drug-likeness (QED) is 0.816. The predicted octanol–water partition coefficient (Wildman–Crippen LogP) is 3.25. The highest BCUT2D eigenvalue weighted by Gasteiger charge is 2.42. The molecule has 1 amide bonds. The van der Waals surface area contributed by atoms with Crippen molar-refractivity contribution in [2.45, 2.75) is 44.4 Å². The summed E-state index contributed by atoms with van der Waals surface area (Å²) in [4.78, 5) is 38.9. The number of amides is 1. The Labute approximate surface area is 174 Å². The van der Waals surface area contributed by atoms with Gasteiger partial charge >= 0.3 is 0 Å². The topological polar surface area (TPSA) is 89.7 Å². The fourth-order valence-corrected chi connectivity index (χ4v) is 4.89. The summed E-state index contributed by atoms with van der Waals surface area (Å²) >= 11 is 6.39. The normalized spacial score (nSPS) is 20.0. The van der Waals surface area contributed by atoms with Crippen LogP contribution in [0.2, 0.25) is 5.02 Å². The van der Waals surface area contributed by atoms with Gasteiger partial charge in [0, 0.05) is 48.3 Å². The number of carbonyl (C=O) groups is 3. The van der Waals surface area contributed by atoms with Crippen molar-refractivity contribution in [2.24, 2.45) is 5.73 Å². The summed E-state index contributed by atoms with van der Waals surface area (Å²) in [5.74, 6) is -0.461. The molecule has 0 radical (unpaired) electrons. The first-order valence-electron chi connectivity index (χ1n) is 9.85. The lowest BCUT2D eigenvalue weighted by atomic mass is 9.71. The van der Waals surface area contributed by atoms with Gasteiger partial charge in [-0.1, -0.05) is 17.7 Å². The van der Waals surface area contributed by atoms with Gasteiger partial charge in [0.05, 0.1) is 5.02 Å². The van der Waals surface area contributed by atoms with Crippen molar-refractivity contribution in [1.29, 1.82) is 0 Å². The molecule has 1 aliphatic heterocycles. The molecule has 1 aromatic carbocycles. The Morgan fingerprint density at radius 3 is 2.21 bits per heavy atom. The van der Waals surface area contributed by atoms with Gasteiger partial charge in [-0.15, -0.1) is 0 Å². The Balaban J connectivity index is 1.82. The Morgan fingerprint density at radius 2 is 1.69 bits per heavy atom. The average Bonchev–Trinajstić information content (AvgIpc) is 2.68. The first-order valence-corrected chi connectivity index (χ1v) is 10.2. The van der Waals surface area contributed by atoms with Crippen LogP contribution in [0.3, 0.4) is 0 Å². The summed E-state index contributed by atoms with van der Waals surface area (Å²) in [6.07, 6.45) is 4.29. The third-order valence-corrected chi connectivity index (χ3v) is 6.20. The van der Waals surface area contributed by atoms with Crippen molar-refractivity contribution in [3.63, 3.8) is 0 Å². The monoisotopic (exact) mass is 414 g/mol. The number of carbonyl (C=O) groups excluding carboxylic acids is 3. The zero-order valence-electron chi connectivity index (χ0n) is 16.3. The van der Waals surface area contributed by atoms with Gasteiger partial charge in [-0.25, -0.2) is 0 Å². The van der Waals surface area contributed by atoms with Gasteiger partial charge in [-0.05, 0) is 43.4 Å². The van der Waals surface area contributed by atoms with Gasteiger partial charge in [0.15, 0.2) is 18.2 Å². The van der Waals surface area contributed by atoms with E-state index in [-0.39, 0.29) is 18.2 Å². The molecule has 0 fully saturated rings. The van der Waals surface area contributed by atoms with Crippen LogP contribution in [-0.2, 0) is 14.4 Å². The molecule has 1 heterocycles. The van der Waals surface area contributed by atoms with E-state index in [1.54, 1.807) is 12.1 Å². The van der Waals surface area contributed by atoms with E-state index in [1.165, 1.54) is 0 Å². The minimum Gasteiger partial charge on any atom is -0.482 e. The Morgan fingerprint density at radius 1 is 1.10 bits per heavy atom. The van der Waals surface area contributed by atoms with E-state index in [1.807, 2.05) is 13.1 Å². The number of halogens is 1. The highest BCUT2D eigenvalue weighted by Crippen LogP contribution is 2.49. The number of allylic oxidation sites excluding steroid dienone is 4. The number of nitrogens with two attached hydrogens (primary N) is 1. The lowest BCUT2D eigenvalue weighted by Gasteiger charge is -2.42. The lowest BCUT2D eigenvalue weighted by Crippen LogP contribution is -2.37. The summed E-state index contributed by atoms with van der Waals surface area (Å²) in [5.41, 5.74) is 9.39. The van der Waals surface area contributed by atoms with Crippen LogP contribution in [0.4, 0.5) is 0 Å². The van der Waals surface area contributed by atoms with Gasteiger partial charge in [-0.2, -0.15) is 0 Å². The standard InChI is InChI=1S/C22H23ClN2O4/c1-25-14-4-2-6-16(26)21(14)20(22-15(25)5-3-7-17(22)27)12-8-9-18(13(23)10-12)29-11-19(24)28/h8-10,20H,2-7,11H2,1H3,(H2,24,28). The average molecular weight is 415 g/mol. The number of nitrogens with zero attached hydrogens (tertiary/aromatic N) is 1. The first kappa shape index (κ1) is 19.7. The molecule has 0 aromatic heterocycles. The molecule has 0 bridgehead atoms. The van der Waals surface area contributed by atoms with Crippen LogP contribution >= 0.6 is 11.6 Å². The lowest BCUT2D eigenvalue weighted by molar-refractivity contribution is -0.120. The molecule has 0 saturated carbocycles. The van der Waals surface area contributed by atoms with Crippen LogP contribution in [0.25, 0.3) is 0 Å². The van der Waals surface area contributed by atoms with Gasteiger partial charge in [0.2, 0.25) is 0 Å². The molecular formula is C22H23ClN2O4. The van der Waals surface area contributed by atoms with E-state index >= 15 is 0 Å². The SMILES string of the molecule is CN1C2=C(C(=O)CCC2)C(c2ccc(OCC(N)=O)c(Cl)c2)C2=C1CCCC2=O. The van der Waals surface area contributed by atoms with E-state index in [2.05, 4.69) is 4.90 Å². The van der Waals surface area contributed by atoms with E-state index in [4.69, 9.17) is 22.1 Å². The molecule has 0 unspecified atom stereocenters. The second-order valence-corrected chi connectivity index (χ2v) is 8.12. The van der Waals surface area contributed by atoms with Gasteiger partial charge in [0.1, 0.15) is 5.75 Å². The molecule has 7 heteroatoms. The maximum atomic E-state index is 12.9. The number of hydrogen-bond donors (Lipinski definition) is 1.